The van der Waals surface area contributed by atoms with Crippen molar-refractivity contribution in [1.82, 2.24) is 5.32 Å². The number of carbonyl (C=O) groups is 1. The van der Waals surface area contributed by atoms with Gasteiger partial charge in [0.2, 0.25) is 0 Å². The van der Waals surface area contributed by atoms with Gasteiger partial charge < -0.3 is 20.6 Å². The third-order valence-electron chi connectivity index (χ3n) is 3.88. The number of nitrogens with one attached hydrogen (secondary N) is 2. The number of rotatable bonds is 4. The number of urea groups is 1. The molecule has 0 heterocycles. The van der Waals surface area contributed by atoms with Gasteiger partial charge in [0.25, 0.3) is 0 Å². The molecule has 1 fully saturated rings. The van der Waals surface area contributed by atoms with Crippen LogP contribution in [0.2, 0.25) is 0 Å². The Morgan fingerprint density at radius 3 is 2.55 bits per heavy atom. The number of hydrogen-bond acceptors (Lipinski definition) is 3. The molecule has 5 heteroatoms. The van der Waals surface area contributed by atoms with E-state index in [9.17, 15) is 9.90 Å². The fourth-order valence-corrected chi connectivity index (χ4v) is 2.74. The largest absolute Gasteiger partial charge is 0.394 e. The van der Waals surface area contributed by atoms with Crippen LogP contribution in [0.15, 0.2) is 24.3 Å². The van der Waals surface area contributed by atoms with E-state index in [0.717, 1.165) is 37.1 Å². The van der Waals surface area contributed by atoms with E-state index in [-0.39, 0.29) is 12.6 Å². The first-order valence-corrected chi connectivity index (χ1v) is 7.03. The summed E-state index contributed by atoms with van der Waals surface area (Å²) in [5.74, 6) is 0. The average Bonchev–Trinajstić information content (AvgIpc) is 2.88. The number of benzene rings is 1. The van der Waals surface area contributed by atoms with Gasteiger partial charge >= 0.3 is 6.03 Å². The van der Waals surface area contributed by atoms with Gasteiger partial charge in [-0.15, -0.1) is 0 Å². The summed E-state index contributed by atoms with van der Waals surface area (Å²) < 4.78 is 0. The Bertz CT molecular complexity index is 468. The molecule has 2 amide bonds. The van der Waals surface area contributed by atoms with Crippen molar-refractivity contribution in [2.24, 2.45) is 0 Å². The zero-order valence-electron chi connectivity index (χ0n) is 12.1. The number of anilines is 2. The molecule has 0 radical (unpaired) electrons. The topological polar surface area (TPSA) is 64.6 Å². The van der Waals surface area contributed by atoms with Gasteiger partial charge in [-0.3, -0.25) is 0 Å². The number of nitrogens with zero attached hydrogens (tertiary/aromatic N) is 1. The van der Waals surface area contributed by atoms with E-state index in [4.69, 9.17) is 0 Å². The van der Waals surface area contributed by atoms with Gasteiger partial charge in [-0.2, -0.15) is 0 Å². The molecule has 1 aliphatic rings. The first-order chi connectivity index (χ1) is 9.56. The predicted octanol–water partition coefficient (Wildman–Crippen LogP) is 2.18. The maximum absolute atomic E-state index is 12.2. The van der Waals surface area contributed by atoms with Gasteiger partial charge in [-0.25, -0.2) is 4.79 Å². The Kier molecular flexibility index (Phi) is 4.49. The van der Waals surface area contributed by atoms with E-state index >= 15 is 0 Å². The summed E-state index contributed by atoms with van der Waals surface area (Å²) >= 11 is 0. The third kappa shape index (κ3) is 3.22. The molecule has 110 valence electrons. The lowest BCUT2D eigenvalue weighted by atomic mass is 9.99. The Hall–Kier alpha value is -1.75. The first-order valence-electron chi connectivity index (χ1n) is 7.03. The molecular weight excluding hydrogens is 254 g/mol. The molecule has 0 aromatic heterocycles. The van der Waals surface area contributed by atoms with E-state index in [1.54, 1.807) is 0 Å². The van der Waals surface area contributed by atoms with E-state index in [1.165, 1.54) is 0 Å². The lowest BCUT2D eigenvalue weighted by Gasteiger charge is -2.28. The number of hydrogen-bond donors (Lipinski definition) is 3. The summed E-state index contributed by atoms with van der Waals surface area (Å²) in [6.07, 6.45) is 3.78. The van der Waals surface area contributed by atoms with Crippen molar-refractivity contribution >= 4 is 17.4 Å². The minimum absolute atomic E-state index is 0.00422. The Labute approximate surface area is 120 Å². The molecule has 0 atom stereocenters. The van der Waals surface area contributed by atoms with Crippen molar-refractivity contribution in [3.63, 3.8) is 0 Å². The molecule has 0 bridgehead atoms. The highest BCUT2D eigenvalue weighted by Gasteiger charge is 2.34. The van der Waals surface area contributed by atoms with Crippen molar-refractivity contribution in [3.8, 4) is 0 Å². The molecule has 0 unspecified atom stereocenters. The van der Waals surface area contributed by atoms with E-state index in [1.807, 2.05) is 43.3 Å². The van der Waals surface area contributed by atoms with Crippen LogP contribution in [0.25, 0.3) is 0 Å². The third-order valence-corrected chi connectivity index (χ3v) is 3.88. The fraction of sp³-hybridized carbons (Fsp3) is 0.533. The summed E-state index contributed by atoms with van der Waals surface area (Å²) in [6, 6.07) is 7.39. The molecule has 1 aromatic carbocycles. The predicted molar refractivity (Wildman–Crippen MR) is 81.2 cm³/mol. The highest BCUT2D eigenvalue weighted by Crippen LogP contribution is 2.29. The van der Waals surface area contributed by atoms with Crippen LogP contribution in [-0.2, 0) is 0 Å². The van der Waals surface area contributed by atoms with Crippen molar-refractivity contribution in [1.29, 1.82) is 0 Å². The number of amides is 2. The minimum Gasteiger partial charge on any atom is -0.394 e. The molecule has 20 heavy (non-hydrogen) atoms. The van der Waals surface area contributed by atoms with Crippen LogP contribution in [0.3, 0.4) is 0 Å². The molecule has 3 N–H and O–H groups in total. The first kappa shape index (κ1) is 14.7. The number of aliphatic hydroxyl groups excluding tert-OH is 1. The number of para-hydroxylation sites is 2. The quantitative estimate of drug-likeness (QED) is 0.790. The highest BCUT2D eigenvalue weighted by atomic mass is 16.3. The Morgan fingerprint density at radius 2 is 1.95 bits per heavy atom. The van der Waals surface area contributed by atoms with E-state index in [2.05, 4.69) is 10.6 Å². The highest BCUT2D eigenvalue weighted by molar-refractivity contribution is 5.93. The smallest absolute Gasteiger partial charge is 0.319 e. The zero-order chi connectivity index (χ0) is 14.6. The maximum Gasteiger partial charge on any atom is 0.319 e. The average molecular weight is 277 g/mol. The van der Waals surface area contributed by atoms with Crippen molar-refractivity contribution < 1.29 is 9.90 Å². The molecule has 0 aliphatic heterocycles. The van der Waals surface area contributed by atoms with Crippen molar-refractivity contribution in [3.05, 3.63) is 24.3 Å². The van der Waals surface area contributed by atoms with Gasteiger partial charge in [0.15, 0.2) is 0 Å². The monoisotopic (exact) mass is 277 g/mol. The van der Waals surface area contributed by atoms with Crippen LogP contribution in [0, 0.1) is 0 Å². The normalized spacial score (nSPS) is 16.8. The summed E-state index contributed by atoms with van der Waals surface area (Å²) in [7, 11) is 3.87. The van der Waals surface area contributed by atoms with Crippen LogP contribution in [0.4, 0.5) is 16.2 Å². The lowest BCUT2D eigenvalue weighted by molar-refractivity contribution is 0.167. The summed E-state index contributed by atoms with van der Waals surface area (Å²) in [6.45, 7) is -0.00422. The SMILES string of the molecule is CN(C)c1ccccc1NC(=O)NC1(CO)CCCC1. The summed E-state index contributed by atoms with van der Waals surface area (Å²) in [5, 5.41) is 15.3. The van der Waals surface area contributed by atoms with Crippen molar-refractivity contribution in [2.75, 3.05) is 30.9 Å². The molecular formula is C15H23N3O2. The molecule has 5 nitrogen and oxygen atoms in total. The second-order valence-electron chi connectivity index (χ2n) is 5.64. The zero-order valence-corrected chi connectivity index (χ0v) is 12.1. The van der Waals surface area contributed by atoms with Gasteiger partial charge in [-0.1, -0.05) is 25.0 Å². The van der Waals surface area contributed by atoms with Gasteiger partial charge in [0, 0.05) is 14.1 Å². The van der Waals surface area contributed by atoms with Crippen LogP contribution in [0.5, 0.6) is 0 Å². The van der Waals surface area contributed by atoms with Gasteiger partial charge in [-0.05, 0) is 25.0 Å². The van der Waals surface area contributed by atoms with Crippen LogP contribution in [-0.4, -0.2) is 37.4 Å². The lowest BCUT2D eigenvalue weighted by Crippen LogP contribution is -2.50. The maximum atomic E-state index is 12.2. The van der Waals surface area contributed by atoms with Crippen LogP contribution < -0.4 is 15.5 Å². The van der Waals surface area contributed by atoms with Gasteiger partial charge in [0.1, 0.15) is 0 Å². The molecule has 1 aliphatic carbocycles. The molecule has 0 saturated heterocycles. The number of carbonyl (C=O) groups excluding carboxylic acids is 1. The molecule has 2 rings (SSSR count). The molecule has 0 spiro atoms. The molecule has 1 saturated carbocycles. The van der Waals surface area contributed by atoms with E-state index in [0.29, 0.717) is 0 Å². The summed E-state index contributed by atoms with van der Waals surface area (Å²) in [5.41, 5.74) is 1.27. The minimum atomic E-state index is -0.447. The standard InChI is InChI=1S/C15H23N3O2/c1-18(2)13-8-4-3-7-12(13)16-14(20)17-15(11-19)9-5-6-10-15/h3-4,7-8,19H,5-6,9-11H2,1-2H3,(H2,16,17,20). The van der Waals surface area contributed by atoms with Crippen LogP contribution >= 0.6 is 0 Å². The second kappa shape index (κ2) is 6.13. The Balaban J connectivity index is 2.05. The second-order valence-corrected chi connectivity index (χ2v) is 5.64. The van der Waals surface area contributed by atoms with E-state index < -0.39 is 5.54 Å². The molecule has 1 aromatic rings. The fourth-order valence-electron chi connectivity index (χ4n) is 2.74. The van der Waals surface area contributed by atoms with Crippen molar-refractivity contribution in [2.45, 2.75) is 31.2 Å². The Morgan fingerprint density at radius 1 is 1.30 bits per heavy atom. The van der Waals surface area contributed by atoms with Gasteiger partial charge in [0.05, 0.1) is 23.5 Å². The van der Waals surface area contributed by atoms with Crippen LogP contribution in [0.1, 0.15) is 25.7 Å². The number of aliphatic hydroxyl groups is 1. The summed E-state index contributed by atoms with van der Waals surface area (Å²) in [4.78, 5) is 14.1.